The number of likely N-dealkylation sites (tertiary alicyclic amines) is 1. The SMILES string of the molecule is NC(=O)CCC(N)=O.NC(=O)CCCCC(=O)N1CCCCCC1. The normalized spacial score (nSPS) is 14.1. The van der Waals surface area contributed by atoms with Gasteiger partial charge in [0.2, 0.25) is 23.6 Å². The van der Waals surface area contributed by atoms with Crippen LogP contribution < -0.4 is 17.2 Å². The Kier molecular flexibility index (Phi) is 12.2. The minimum absolute atomic E-state index is 0.0509. The summed E-state index contributed by atoms with van der Waals surface area (Å²) in [4.78, 5) is 44.1. The predicted molar refractivity (Wildman–Crippen MR) is 90.3 cm³/mol. The molecule has 0 radical (unpaired) electrons. The van der Waals surface area contributed by atoms with E-state index in [1.165, 1.54) is 12.8 Å². The molecule has 24 heavy (non-hydrogen) atoms. The molecule has 0 aromatic carbocycles. The Morgan fingerprint density at radius 1 is 0.625 bits per heavy atom. The standard InChI is InChI=1S/C12H22N2O2.C4H8N2O2/c13-11(15)7-3-4-8-12(16)14-9-5-1-2-6-10-14;5-3(7)1-2-4(6)8/h1-10H2,(H2,13,15);1-2H2,(H2,5,7)(H2,6,8). The van der Waals surface area contributed by atoms with Crippen molar-refractivity contribution in [3.05, 3.63) is 0 Å². The Balaban J connectivity index is 0.000000561. The highest BCUT2D eigenvalue weighted by molar-refractivity contribution is 5.81. The van der Waals surface area contributed by atoms with Crippen molar-refractivity contribution in [1.29, 1.82) is 0 Å². The van der Waals surface area contributed by atoms with Gasteiger partial charge in [0.15, 0.2) is 0 Å². The molecule has 1 fully saturated rings. The largest absolute Gasteiger partial charge is 0.370 e. The minimum atomic E-state index is -0.496. The van der Waals surface area contributed by atoms with E-state index in [0.717, 1.165) is 38.8 Å². The molecular weight excluding hydrogens is 312 g/mol. The number of primary amides is 3. The van der Waals surface area contributed by atoms with Crippen LogP contribution in [0, 0.1) is 0 Å². The highest BCUT2D eigenvalue weighted by Gasteiger charge is 2.14. The highest BCUT2D eigenvalue weighted by Crippen LogP contribution is 2.12. The molecule has 1 saturated heterocycles. The Labute approximate surface area is 143 Å². The molecule has 0 saturated carbocycles. The number of nitrogens with zero attached hydrogens (tertiary/aromatic N) is 1. The third kappa shape index (κ3) is 13.5. The smallest absolute Gasteiger partial charge is 0.222 e. The number of amides is 4. The predicted octanol–water partition coefficient (Wildman–Crippen LogP) is 0.172. The van der Waals surface area contributed by atoms with E-state index in [0.29, 0.717) is 12.8 Å². The Morgan fingerprint density at radius 2 is 1.04 bits per heavy atom. The van der Waals surface area contributed by atoms with Crippen LogP contribution in [0.1, 0.15) is 64.2 Å². The molecule has 8 nitrogen and oxygen atoms in total. The van der Waals surface area contributed by atoms with Gasteiger partial charge in [-0.1, -0.05) is 12.8 Å². The van der Waals surface area contributed by atoms with Gasteiger partial charge in [-0.15, -0.1) is 0 Å². The first-order valence-electron chi connectivity index (χ1n) is 8.45. The third-order valence-electron chi connectivity index (χ3n) is 3.64. The zero-order chi connectivity index (χ0) is 18.4. The summed E-state index contributed by atoms with van der Waals surface area (Å²) in [5.74, 6) is -1.03. The molecule has 6 N–H and O–H groups in total. The number of carbonyl (C=O) groups is 4. The maximum absolute atomic E-state index is 11.8. The number of hydrogen-bond donors (Lipinski definition) is 3. The van der Waals surface area contributed by atoms with Gasteiger partial charge in [-0.3, -0.25) is 19.2 Å². The van der Waals surface area contributed by atoms with Crippen LogP contribution >= 0.6 is 0 Å². The van der Waals surface area contributed by atoms with Gasteiger partial charge < -0.3 is 22.1 Å². The molecule has 138 valence electrons. The second-order valence-electron chi connectivity index (χ2n) is 5.90. The number of unbranched alkanes of at least 4 members (excludes halogenated alkanes) is 1. The van der Waals surface area contributed by atoms with Crippen molar-refractivity contribution in [2.24, 2.45) is 17.2 Å². The fourth-order valence-electron chi connectivity index (χ4n) is 2.30. The molecular formula is C16H30N4O4. The molecule has 1 aliphatic rings. The zero-order valence-corrected chi connectivity index (χ0v) is 14.3. The lowest BCUT2D eigenvalue weighted by Crippen LogP contribution is -2.31. The summed E-state index contributed by atoms with van der Waals surface area (Å²) in [5.41, 5.74) is 14.4. The maximum Gasteiger partial charge on any atom is 0.222 e. The van der Waals surface area contributed by atoms with Crippen LogP contribution in [0.3, 0.4) is 0 Å². The molecule has 0 atom stereocenters. The highest BCUT2D eigenvalue weighted by atomic mass is 16.2. The summed E-state index contributed by atoms with van der Waals surface area (Å²) in [6, 6.07) is 0. The fraction of sp³-hybridized carbons (Fsp3) is 0.750. The van der Waals surface area contributed by atoms with Gasteiger partial charge in [-0.25, -0.2) is 0 Å². The number of hydrogen-bond acceptors (Lipinski definition) is 4. The lowest BCUT2D eigenvalue weighted by Gasteiger charge is -2.20. The Hall–Kier alpha value is -2.12. The van der Waals surface area contributed by atoms with Crippen molar-refractivity contribution in [2.75, 3.05) is 13.1 Å². The molecule has 0 bridgehead atoms. The van der Waals surface area contributed by atoms with Crippen molar-refractivity contribution in [1.82, 2.24) is 4.90 Å². The van der Waals surface area contributed by atoms with Crippen LogP contribution in [0.15, 0.2) is 0 Å². The van der Waals surface area contributed by atoms with E-state index in [9.17, 15) is 19.2 Å². The monoisotopic (exact) mass is 342 g/mol. The van der Waals surface area contributed by atoms with Crippen molar-refractivity contribution >= 4 is 23.6 Å². The molecule has 1 heterocycles. The molecule has 1 rings (SSSR count). The molecule has 0 aliphatic carbocycles. The van der Waals surface area contributed by atoms with Crippen molar-refractivity contribution in [2.45, 2.75) is 64.2 Å². The number of nitrogens with two attached hydrogens (primary N) is 3. The average molecular weight is 342 g/mol. The second-order valence-corrected chi connectivity index (χ2v) is 5.90. The molecule has 1 aliphatic heterocycles. The van der Waals surface area contributed by atoms with Gasteiger partial charge in [-0.2, -0.15) is 0 Å². The topological polar surface area (TPSA) is 150 Å². The summed E-state index contributed by atoms with van der Waals surface area (Å²) < 4.78 is 0. The van der Waals surface area contributed by atoms with E-state index >= 15 is 0 Å². The quantitative estimate of drug-likeness (QED) is 0.539. The Bertz CT molecular complexity index is 404. The minimum Gasteiger partial charge on any atom is -0.370 e. The lowest BCUT2D eigenvalue weighted by molar-refractivity contribution is -0.131. The van der Waals surface area contributed by atoms with Crippen LogP contribution in [-0.4, -0.2) is 41.6 Å². The first-order chi connectivity index (χ1) is 11.3. The summed E-state index contributed by atoms with van der Waals surface area (Å²) in [6.45, 7) is 1.82. The van der Waals surface area contributed by atoms with Gasteiger partial charge in [0.1, 0.15) is 0 Å². The maximum atomic E-state index is 11.8. The van der Waals surface area contributed by atoms with Gasteiger partial charge in [0.05, 0.1) is 0 Å². The summed E-state index contributed by atoms with van der Waals surface area (Å²) >= 11 is 0. The van der Waals surface area contributed by atoms with Crippen LogP contribution in [-0.2, 0) is 19.2 Å². The molecule has 4 amide bonds. The van der Waals surface area contributed by atoms with E-state index in [1.54, 1.807) is 0 Å². The van der Waals surface area contributed by atoms with Gasteiger partial charge in [0.25, 0.3) is 0 Å². The second kappa shape index (κ2) is 13.3. The van der Waals surface area contributed by atoms with E-state index < -0.39 is 11.8 Å². The molecule has 0 unspecified atom stereocenters. The number of carbonyl (C=O) groups excluding carboxylic acids is 4. The van der Waals surface area contributed by atoms with Crippen LogP contribution in [0.25, 0.3) is 0 Å². The Morgan fingerprint density at radius 3 is 1.46 bits per heavy atom. The van der Waals surface area contributed by atoms with Crippen molar-refractivity contribution in [3.63, 3.8) is 0 Å². The first kappa shape index (κ1) is 21.9. The van der Waals surface area contributed by atoms with Crippen LogP contribution in [0.4, 0.5) is 0 Å². The average Bonchev–Trinajstić information content (AvgIpc) is 2.79. The van der Waals surface area contributed by atoms with E-state index in [1.807, 2.05) is 4.90 Å². The van der Waals surface area contributed by atoms with Crippen LogP contribution in [0.2, 0.25) is 0 Å². The summed E-state index contributed by atoms with van der Waals surface area (Å²) in [5, 5.41) is 0. The van der Waals surface area contributed by atoms with Gasteiger partial charge in [-0.05, 0) is 25.7 Å². The number of rotatable bonds is 8. The molecule has 8 heteroatoms. The first-order valence-corrected chi connectivity index (χ1v) is 8.45. The van der Waals surface area contributed by atoms with Crippen LogP contribution in [0.5, 0.6) is 0 Å². The molecule has 0 aromatic rings. The lowest BCUT2D eigenvalue weighted by atomic mass is 10.1. The van der Waals surface area contributed by atoms with Gasteiger partial charge in [0, 0.05) is 38.8 Å². The fourth-order valence-corrected chi connectivity index (χ4v) is 2.30. The van der Waals surface area contributed by atoms with E-state index in [-0.39, 0.29) is 24.7 Å². The molecule has 0 aromatic heterocycles. The molecule has 0 spiro atoms. The third-order valence-corrected chi connectivity index (χ3v) is 3.64. The van der Waals surface area contributed by atoms with Gasteiger partial charge >= 0.3 is 0 Å². The van der Waals surface area contributed by atoms with Crippen molar-refractivity contribution in [3.8, 4) is 0 Å². The van der Waals surface area contributed by atoms with E-state index in [4.69, 9.17) is 17.2 Å². The summed E-state index contributed by atoms with van der Waals surface area (Å²) in [7, 11) is 0. The zero-order valence-electron chi connectivity index (χ0n) is 14.3. The summed E-state index contributed by atoms with van der Waals surface area (Å²) in [6.07, 6.45) is 7.31. The van der Waals surface area contributed by atoms with E-state index in [2.05, 4.69) is 0 Å². The van der Waals surface area contributed by atoms with Crippen molar-refractivity contribution < 1.29 is 19.2 Å².